The van der Waals surface area contributed by atoms with Crippen LogP contribution in [0.3, 0.4) is 0 Å². The zero-order valence-electron chi connectivity index (χ0n) is 6.76. The van der Waals surface area contributed by atoms with E-state index in [1.54, 1.807) is 6.08 Å². The minimum absolute atomic E-state index is 0.0998. The van der Waals surface area contributed by atoms with E-state index >= 15 is 0 Å². The van der Waals surface area contributed by atoms with Gasteiger partial charge in [-0.3, -0.25) is 0 Å². The predicted molar refractivity (Wildman–Crippen MR) is 45.9 cm³/mol. The molecule has 0 rings (SSSR count). The Kier molecular flexibility index (Phi) is 6.38. The van der Waals surface area contributed by atoms with Gasteiger partial charge >= 0.3 is 0 Å². The first-order valence-electron chi connectivity index (χ1n) is 3.74. The van der Waals surface area contributed by atoms with Crippen molar-refractivity contribution < 1.29 is 9.53 Å². The molecule has 0 aliphatic heterocycles. The fourth-order valence-electron chi connectivity index (χ4n) is 0.703. The Bertz CT molecular complexity index is 102. The number of aliphatic hydroxyl groups excluding tert-OH is 1. The molecule has 0 unspecified atom stereocenters. The van der Waals surface area contributed by atoms with Gasteiger partial charge in [-0.15, -0.1) is 0 Å². The minimum Gasteiger partial charge on any atom is -0.529 e. The van der Waals surface area contributed by atoms with E-state index in [0.29, 0.717) is 10.5 Å². The fraction of sp³-hybridized carbons (Fsp3) is 0.714. The summed E-state index contributed by atoms with van der Waals surface area (Å²) < 4.78 is 4.69. The van der Waals surface area contributed by atoms with Crippen LogP contribution < -0.4 is 0 Å². The molecule has 0 radical (unpaired) electrons. The smallest absolute Gasteiger partial charge is 0.257 e. The molecule has 0 aliphatic carbocycles. The van der Waals surface area contributed by atoms with Crippen LogP contribution in [0.2, 0.25) is 0 Å². The number of rotatable bonds is 5. The highest BCUT2D eigenvalue weighted by atomic mass is 28.2. The third kappa shape index (κ3) is 5.69. The molecule has 0 fully saturated rings. The van der Waals surface area contributed by atoms with Crippen LogP contribution in [0.15, 0.2) is 12.0 Å². The van der Waals surface area contributed by atoms with Crippen molar-refractivity contribution in [2.24, 2.45) is 0 Å². The molecule has 0 aromatic carbocycles. The van der Waals surface area contributed by atoms with Gasteiger partial charge in [0, 0.05) is 0 Å². The lowest BCUT2D eigenvalue weighted by Crippen LogP contribution is -1.84. The van der Waals surface area contributed by atoms with Crippen LogP contribution in [-0.4, -0.2) is 15.6 Å². The first-order chi connectivity index (χ1) is 4.81. The summed E-state index contributed by atoms with van der Waals surface area (Å²) in [7, 11) is 0.574. The largest absolute Gasteiger partial charge is 0.529 e. The zero-order chi connectivity index (χ0) is 7.82. The average molecular weight is 160 g/mol. The molecule has 0 bridgehead atoms. The van der Waals surface area contributed by atoms with E-state index in [4.69, 9.17) is 5.11 Å². The summed E-state index contributed by atoms with van der Waals surface area (Å²) in [6.45, 7) is 2.16. The summed E-state index contributed by atoms with van der Waals surface area (Å²) in [4.78, 5) is 0. The van der Waals surface area contributed by atoms with Crippen LogP contribution >= 0.6 is 0 Å². The Balaban J connectivity index is 3.16. The van der Waals surface area contributed by atoms with Crippen LogP contribution in [0.25, 0.3) is 0 Å². The Morgan fingerprint density at radius 1 is 1.60 bits per heavy atom. The molecule has 0 saturated carbocycles. The zero-order valence-corrected chi connectivity index (χ0v) is 8.76. The standard InChI is InChI=1S/C7H16O2Si/c1-2-3-4-5-6-7(8)9-10/h6,8H,2-5H2,1,10H3. The van der Waals surface area contributed by atoms with Gasteiger partial charge in [0.2, 0.25) is 10.5 Å². The molecule has 0 saturated heterocycles. The third-order valence-corrected chi connectivity index (χ3v) is 1.75. The topological polar surface area (TPSA) is 29.5 Å². The normalized spacial score (nSPS) is 11.9. The summed E-state index contributed by atoms with van der Waals surface area (Å²) in [6.07, 6.45) is 6.26. The Morgan fingerprint density at radius 3 is 2.80 bits per heavy atom. The van der Waals surface area contributed by atoms with E-state index in [2.05, 4.69) is 11.3 Å². The van der Waals surface area contributed by atoms with Crippen molar-refractivity contribution >= 4 is 10.5 Å². The molecule has 0 aliphatic rings. The van der Waals surface area contributed by atoms with Crippen molar-refractivity contribution in [1.82, 2.24) is 0 Å². The van der Waals surface area contributed by atoms with Crippen molar-refractivity contribution in [2.75, 3.05) is 0 Å². The van der Waals surface area contributed by atoms with Crippen LogP contribution in [-0.2, 0) is 4.43 Å². The molecule has 0 aromatic rings. The number of aliphatic hydroxyl groups is 1. The van der Waals surface area contributed by atoms with Gasteiger partial charge < -0.3 is 9.53 Å². The fourth-order valence-corrected chi connectivity index (χ4v) is 0.870. The van der Waals surface area contributed by atoms with Gasteiger partial charge in [-0.1, -0.05) is 19.8 Å². The van der Waals surface area contributed by atoms with Crippen LogP contribution in [0.5, 0.6) is 0 Å². The molecule has 2 nitrogen and oxygen atoms in total. The number of allylic oxidation sites excluding steroid dienone is 1. The molecule has 10 heavy (non-hydrogen) atoms. The molecule has 1 N–H and O–H groups in total. The highest BCUT2D eigenvalue weighted by Gasteiger charge is 1.86. The van der Waals surface area contributed by atoms with E-state index in [9.17, 15) is 0 Å². The molecule has 3 heteroatoms. The minimum atomic E-state index is 0.0998. The van der Waals surface area contributed by atoms with Gasteiger partial charge in [-0.25, -0.2) is 0 Å². The average Bonchev–Trinajstić information content (AvgIpc) is 1.98. The SMILES string of the molecule is CCCCCC=C(O)O[SiH3]. The quantitative estimate of drug-likeness (QED) is 0.373. The maximum absolute atomic E-state index is 8.83. The number of hydrogen-bond donors (Lipinski definition) is 1. The van der Waals surface area contributed by atoms with Crippen molar-refractivity contribution in [3.63, 3.8) is 0 Å². The van der Waals surface area contributed by atoms with Crippen molar-refractivity contribution in [1.29, 1.82) is 0 Å². The Hall–Kier alpha value is -0.443. The monoisotopic (exact) mass is 160 g/mol. The molecule has 0 spiro atoms. The third-order valence-electron chi connectivity index (χ3n) is 1.34. The van der Waals surface area contributed by atoms with Gasteiger partial charge in [0.1, 0.15) is 0 Å². The highest BCUT2D eigenvalue weighted by Crippen LogP contribution is 2.01. The molecule has 0 heterocycles. The summed E-state index contributed by atoms with van der Waals surface area (Å²) >= 11 is 0. The Morgan fingerprint density at radius 2 is 2.30 bits per heavy atom. The molecular formula is C7H16O2Si. The second-order valence-electron chi connectivity index (χ2n) is 2.24. The maximum Gasteiger partial charge on any atom is 0.257 e. The van der Waals surface area contributed by atoms with Crippen molar-refractivity contribution in [3.05, 3.63) is 12.0 Å². The first kappa shape index (κ1) is 9.56. The van der Waals surface area contributed by atoms with Crippen molar-refractivity contribution in [2.45, 2.75) is 32.6 Å². The van der Waals surface area contributed by atoms with Gasteiger partial charge in [0.25, 0.3) is 5.95 Å². The van der Waals surface area contributed by atoms with Gasteiger partial charge in [0.05, 0.1) is 0 Å². The summed E-state index contributed by atoms with van der Waals surface area (Å²) in [5.41, 5.74) is 0. The first-order valence-corrected chi connectivity index (χ1v) is 4.56. The Labute approximate surface area is 65.4 Å². The summed E-state index contributed by atoms with van der Waals surface area (Å²) in [6, 6.07) is 0. The van der Waals surface area contributed by atoms with E-state index in [1.165, 1.54) is 12.8 Å². The van der Waals surface area contributed by atoms with Crippen molar-refractivity contribution in [3.8, 4) is 0 Å². The number of hydrogen-bond acceptors (Lipinski definition) is 2. The van der Waals surface area contributed by atoms with Crippen LogP contribution in [0.1, 0.15) is 32.6 Å². The summed E-state index contributed by atoms with van der Waals surface area (Å²) in [5, 5.41) is 8.83. The molecule has 60 valence electrons. The van der Waals surface area contributed by atoms with E-state index in [0.717, 1.165) is 12.8 Å². The number of unbranched alkanes of at least 4 members (excludes halogenated alkanes) is 3. The molecular weight excluding hydrogens is 144 g/mol. The lowest BCUT2D eigenvalue weighted by Gasteiger charge is -1.96. The van der Waals surface area contributed by atoms with Crippen LogP contribution in [0.4, 0.5) is 0 Å². The van der Waals surface area contributed by atoms with Gasteiger partial charge in [-0.05, 0) is 18.9 Å². The van der Waals surface area contributed by atoms with Gasteiger partial charge in [0.15, 0.2) is 0 Å². The lowest BCUT2D eigenvalue weighted by molar-refractivity contribution is 0.219. The summed E-state index contributed by atoms with van der Waals surface area (Å²) in [5.74, 6) is 0.0998. The second kappa shape index (κ2) is 6.67. The molecule has 0 aromatic heterocycles. The van der Waals surface area contributed by atoms with E-state index in [1.807, 2.05) is 0 Å². The highest BCUT2D eigenvalue weighted by molar-refractivity contribution is 5.98. The molecule has 0 atom stereocenters. The van der Waals surface area contributed by atoms with E-state index < -0.39 is 0 Å². The maximum atomic E-state index is 8.83. The van der Waals surface area contributed by atoms with Gasteiger partial charge in [-0.2, -0.15) is 0 Å². The van der Waals surface area contributed by atoms with Crippen LogP contribution in [0, 0.1) is 0 Å². The lowest BCUT2D eigenvalue weighted by atomic mass is 10.2. The molecule has 0 amide bonds. The second-order valence-corrected chi connectivity index (χ2v) is 2.65. The van der Waals surface area contributed by atoms with E-state index in [-0.39, 0.29) is 5.95 Å². The predicted octanol–water partition coefficient (Wildman–Crippen LogP) is 1.26.